The van der Waals surface area contributed by atoms with E-state index in [1.54, 1.807) is 23.4 Å². The van der Waals surface area contributed by atoms with Gasteiger partial charge in [0.15, 0.2) is 0 Å². The first-order valence-electron chi connectivity index (χ1n) is 6.78. The monoisotopic (exact) mass is 263 g/mol. The number of hydrogen-bond acceptors (Lipinski definition) is 3. The Balaban J connectivity index is 2.86. The lowest BCUT2D eigenvalue weighted by molar-refractivity contribution is 0.0746. The van der Waals surface area contributed by atoms with Crippen molar-refractivity contribution in [2.75, 3.05) is 25.5 Å². The van der Waals surface area contributed by atoms with Gasteiger partial charge in [-0.3, -0.25) is 9.78 Å². The third-order valence-electron chi connectivity index (χ3n) is 2.68. The number of carbonyl (C=O) groups excluding carboxylic acids is 1. The molecule has 0 bridgehead atoms. The topological polar surface area (TPSA) is 45.2 Å². The predicted octanol–water partition coefficient (Wildman–Crippen LogP) is 3.02. The Morgan fingerprint density at radius 2 is 2.11 bits per heavy atom. The lowest BCUT2D eigenvalue weighted by atomic mass is 9.96. The first-order chi connectivity index (χ1) is 8.85. The second kappa shape index (κ2) is 6.55. The zero-order valence-electron chi connectivity index (χ0n) is 12.7. The van der Waals surface area contributed by atoms with Crippen molar-refractivity contribution in [3.8, 4) is 0 Å². The molecule has 1 heterocycles. The minimum atomic E-state index is 0.0379. The van der Waals surface area contributed by atoms with Crippen molar-refractivity contribution in [3.63, 3.8) is 0 Å². The highest BCUT2D eigenvalue weighted by Crippen LogP contribution is 2.19. The standard InChI is InChI=1S/C15H25N3O/c1-6-8-17-13-10-16-9-7-12(13)14(19)18(5)11-15(2,3)4/h7,9-10,17H,6,8,11H2,1-5H3. The number of anilines is 1. The van der Waals surface area contributed by atoms with Crippen LogP contribution in [-0.4, -0.2) is 35.9 Å². The van der Waals surface area contributed by atoms with Crippen LogP contribution >= 0.6 is 0 Å². The van der Waals surface area contributed by atoms with Gasteiger partial charge in [-0.25, -0.2) is 0 Å². The van der Waals surface area contributed by atoms with Crippen molar-refractivity contribution in [2.45, 2.75) is 34.1 Å². The second-order valence-electron chi connectivity index (χ2n) is 6.07. The molecule has 1 aromatic rings. The molecule has 0 atom stereocenters. The molecule has 0 aliphatic heterocycles. The van der Waals surface area contributed by atoms with Gasteiger partial charge < -0.3 is 10.2 Å². The van der Waals surface area contributed by atoms with Crippen molar-refractivity contribution in [1.29, 1.82) is 0 Å². The Kier molecular flexibility index (Phi) is 5.33. The van der Waals surface area contributed by atoms with E-state index >= 15 is 0 Å². The third-order valence-corrected chi connectivity index (χ3v) is 2.68. The average Bonchev–Trinajstić information content (AvgIpc) is 2.33. The van der Waals surface area contributed by atoms with Gasteiger partial charge in [-0.05, 0) is 17.9 Å². The van der Waals surface area contributed by atoms with Crippen LogP contribution in [0.25, 0.3) is 0 Å². The Morgan fingerprint density at radius 1 is 1.42 bits per heavy atom. The number of carbonyl (C=O) groups is 1. The number of rotatable bonds is 5. The van der Waals surface area contributed by atoms with E-state index in [-0.39, 0.29) is 11.3 Å². The van der Waals surface area contributed by atoms with Crippen molar-refractivity contribution in [1.82, 2.24) is 9.88 Å². The number of amides is 1. The highest BCUT2D eigenvalue weighted by molar-refractivity contribution is 5.99. The summed E-state index contributed by atoms with van der Waals surface area (Å²) >= 11 is 0. The van der Waals surface area contributed by atoms with Gasteiger partial charge in [0.1, 0.15) is 0 Å². The molecule has 0 unspecified atom stereocenters. The largest absolute Gasteiger partial charge is 0.383 e. The molecule has 0 saturated carbocycles. The quantitative estimate of drug-likeness (QED) is 0.888. The van der Waals surface area contributed by atoms with Crippen molar-refractivity contribution >= 4 is 11.6 Å². The predicted molar refractivity (Wildman–Crippen MR) is 79.4 cm³/mol. The Bertz CT molecular complexity index is 424. The first kappa shape index (κ1) is 15.5. The van der Waals surface area contributed by atoms with E-state index in [1.165, 1.54) is 0 Å². The van der Waals surface area contributed by atoms with Crippen molar-refractivity contribution in [2.24, 2.45) is 5.41 Å². The summed E-state index contributed by atoms with van der Waals surface area (Å²) in [6, 6.07) is 1.78. The van der Waals surface area contributed by atoms with Crippen molar-refractivity contribution in [3.05, 3.63) is 24.0 Å². The highest BCUT2D eigenvalue weighted by atomic mass is 16.2. The zero-order chi connectivity index (χ0) is 14.5. The molecule has 0 fully saturated rings. The summed E-state index contributed by atoms with van der Waals surface area (Å²) < 4.78 is 0. The number of hydrogen-bond donors (Lipinski definition) is 1. The van der Waals surface area contributed by atoms with Gasteiger partial charge in [-0.2, -0.15) is 0 Å². The van der Waals surface area contributed by atoms with Crippen LogP contribution in [0.5, 0.6) is 0 Å². The molecular formula is C15H25N3O. The maximum absolute atomic E-state index is 12.5. The third kappa shape index (κ3) is 4.89. The summed E-state index contributed by atoms with van der Waals surface area (Å²) in [4.78, 5) is 18.3. The van der Waals surface area contributed by atoms with E-state index in [1.807, 2.05) is 7.05 Å². The molecule has 1 N–H and O–H groups in total. The molecule has 0 saturated heterocycles. The molecule has 0 aromatic carbocycles. The molecule has 106 valence electrons. The number of nitrogens with zero attached hydrogens (tertiary/aromatic N) is 2. The van der Waals surface area contributed by atoms with E-state index in [0.717, 1.165) is 25.2 Å². The van der Waals surface area contributed by atoms with Gasteiger partial charge in [0.2, 0.25) is 0 Å². The molecule has 4 heteroatoms. The summed E-state index contributed by atoms with van der Waals surface area (Å²) in [5.41, 5.74) is 1.60. The number of nitrogens with one attached hydrogen (secondary N) is 1. The smallest absolute Gasteiger partial charge is 0.255 e. The fourth-order valence-corrected chi connectivity index (χ4v) is 1.97. The van der Waals surface area contributed by atoms with E-state index in [4.69, 9.17) is 0 Å². The number of pyridine rings is 1. The molecular weight excluding hydrogens is 238 g/mol. The van der Waals surface area contributed by atoms with Crippen molar-refractivity contribution < 1.29 is 4.79 Å². The van der Waals surface area contributed by atoms with E-state index < -0.39 is 0 Å². The molecule has 19 heavy (non-hydrogen) atoms. The molecule has 1 aromatic heterocycles. The lowest BCUT2D eigenvalue weighted by Crippen LogP contribution is -2.34. The van der Waals surface area contributed by atoms with Crippen LogP contribution in [0, 0.1) is 5.41 Å². The highest BCUT2D eigenvalue weighted by Gasteiger charge is 2.20. The molecule has 1 amide bonds. The summed E-state index contributed by atoms with van der Waals surface area (Å²) in [6.45, 7) is 10.0. The van der Waals surface area contributed by atoms with E-state index in [9.17, 15) is 4.79 Å². The molecule has 0 aliphatic rings. The zero-order valence-corrected chi connectivity index (χ0v) is 12.7. The Hall–Kier alpha value is -1.58. The van der Waals surface area contributed by atoms with Crippen LogP contribution in [0.15, 0.2) is 18.5 Å². The molecule has 0 radical (unpaired) electrons. The summed E-state index contributed by atoms with van der Waals surface area (Å²) in [6.07, 6.45) is 4.39. The Labute approximate surface area is 116 Å². The SMILES string of the molecule is CCCNc1cnccc1C(=O)N(C)CC(C)(C)C. The Morgan fingerprint density at radius 3 is 2.68 bits per heavy atom. The molecule has 0 aliphatic carbocycles. The van der Waals surface area contributed by atoms with Gasteiger partial charge in [-0.1, -0.05) is 27.7 Å². The fraction of sp³-hybridized carbons (Fsp3) is 0.600. The second-order valence-corrected chi connectivity index (χ2v) is 6.07. The van der Waals surface area contributed by atoms with Gasteiger partial charge in [0, 0.05) is 26.3 Å². The first-order valence-corrected chi connectivity index (χ1v) is 6.78. The maximum Gasteiger partial charge on any atom is 0.255 e. The maximum atomic E-state index is 12.5. The molecule has 1 rings (SSSR count). The van der Waals surface area contributed by atoms with Gasteiger partial charge in [0.25, 0.3) is 5.91 Å². The molecule has 4 nitrogen and oxygen atoms in total. The van der Waals surface area contributed by atoms with Crippen LogP contribution in [0.4, 0.5) is 5.69 Å². The van der Waals surface area contributed by atoms with Crippen LogP contribution in [0.2, 0.25) is 0 Å². The van der Waals surface area contributed by atoms with Gasteiger partial charge in [0.05, 0.1) is 17.4 Å². The van der Waals surface area contributed by atoms with Gasteiger partial charge >= 0.3 is 0 Å². The molecule has 0 spiro atoms. The minimum absolute atomic E-state index is 0.0379. The summed E-state index contributed by atoms with van der Waals surface area (Å²) in [5, 5.41) is 3.25. The lowest BCUT2D eigenvalue weighted by Gasteiger charge is -2.27. The summed E-state index contributed by atoms with van der Waals surface area (Å²) in [7, 11) is 1.84. The number of aromatic nitrogens is 1. The minimum Gasteiger partial charge on any atom is -0.383 e. The fourth-order valence-electron chi connectivity index (χ4n) is 1.97. The van der Waals surface area contributed by atoms with Crippen LogP contribution in [0.3, 0.4) is 0 Å². The van der Waals surface area contributed by atoms with Gasteiger partial charge in [-0.15, -0.1) is 0 Å². The normalized spacial score (nSPS) is 11.2. The average molecular weight is 263 g/mol. The summed E-state index contributed by atoms with van der Waals surface area (Å²) in [5.74, 6) is 0.0379. The van der Waals surface area contributed by atoms with E-state index in [0.29, 0.717) is 5.56 Å². The van der Waals surface area contributed by atoms with Crippen LogP contribution in [0.1, 0.15) is 44.5 Å². The van der Waals surface area contributed by atoms with E-state index in [2.05, 4.69) is 38.0 Å². The van der Waals surface area contributed by atoms with Crippen LogP contribution < -0.4 is 5.32 Å². The van der Waals surface area contributed by atoms with Crippen LogP contribution in [-0.2, 0) is 0 Å².